The monoisotopic (exact) mass is 614 g/mol. The number of benzene rings is 3. The lowest BCUT2D eigenvalue weighted by Gasteiger charge is -2.49. The van der Waals surface area contributed by atoms with Crippen molar-refractivity contribution < 1.29 is 33.5 Å². The molecule has 11 nitrogen and oxygen atoms in total. The molecule has 3 aromatic rings. The minimum atomic E-state index is -1.02. The summed E-state index contributed by atoms with van der Waals surface area (Å²) in [6, 6.07) is 26.2. The van der Waals surface area contributed by atoms with Crippen LogP contribution in [0.3, 0.4) is 0 Å². The Bertz CT molecular complexity index is 1540. The summed E-state index contributed by atoms with van der Waals surface area (Å²) in [7, 11) is 0. The first-order valence-electron chi connectivity index (χ1n) is 13.8. The lowest BCUT2D eigenvalue weighted by molar-refractivity contribution is -0.154. The molecule has 5 rings (SSSR count). The summed E-state index contributed by atoms with van der Waals surface area (Å²) in [4.78, 5) is 58.7. The Balaban J connectivity index is 1.41. The number of hydrogen-bond donors (Lipinski definition) is 2. The number of nitrogens with two attached hydrogens (primary N) is 1. The zero-order valence-corrected chi connectivity index (χ0v) is 24.6. The molecule has 1 saturated heterocycles. The van der Waals surface area contributed by atoms with Gasteiger partial charge in [0.2, 0.25) is 0 Å². The lowest BCUT2D eigenvalue weighted by Crippen LogP contribution is -2.71. The third kappa shape index (κ3) is 6.60. The lowest BCUT2D eigenvalue weighted by atomic mass is 10.0. The summed E-state index contributed by atoms with van der Waals surface area (Å²) in [5.74, 6) is -1.69. The van der Waals surface area contributed by atoms with E-state index in [9.17, 15) is 19.2 Å². The van der Waals surface area contributed by atoms with Crippen LogP contribution in [0.15, 0.2) is 107 Å². The highest BCUT2D eigenvalue weighted by Crippen LogP contribution is 2.41. The van der Waals surface area contributed by atoms with E-state index in [1.54, 1.807) is 37.3 Å². The second-order valence-electron chi connectivity index (χ2n) is 9.75. The fourth-order valence-corrected chi connectivity index (χ4v) is 6.18. The topological polar surface area (TPSA) is 150 Å². The van der Waals surface area contributed by atoms with E-state index < -0.39 is 41.4 Å². The van der Waals surface area contributed by atoms with Gasteiger partial charge in [-0.25, -0.2) is 9.59 Å². The van der Waals surface area contributed by atoms with Crippen LogP contribution in [0.2, 0.25) is 0 Å². The van der Waals surface area contributed by atoms with Crippen molar-refractivity contribution in [3.63, 3.8) is 0 Å². The third-order valence-electron chi connectivity index (χ3n) is 6.89. The van der Waals surface area contributed by atoms with Crippen molar-refractivity contribution in [2.24, 2.45) is 10.9 Å². The molecule has 226 valence electrons. The molecule has 0 bridgehead atoms. The molecule has 3 N–H and O–H groups in total. The highest BCUT2D eigenvalue weighted by molar-refractivity contribution is 8.00. The van der Waals surface area contributed by atoms with Gasteiger partial charge in [-0.05, 0) is 18.1 Å². The zero-order valence-electron chi connectivity index (χ0n) is 23.8. The van der Waals surface area contributed by atoms with Crippen LogP contribution in [0.5, 0.6) is 0 Å². The Morgan fingerprint density at radius 2 is 1.57 bits per heavy atom. The molecule has 0 unspecified atom stereocenters. The van der Waals surface area contributed by atoms with E-state index in [2.05, 4.69) is 10.5 Å². The molecule has 2 atom stereocenters. The summed E-state index contributed by atoms with van der Waals surface area (Å²) >= 11 is 1.31. The van der Waals surface area contributed by atoms with Crippen molar-refractivity contribution in [2.75, 3.05) is 19.0 Å². The number of nitrogens with zero attached hydrogens (tertiary/aromatic N) is 2. The highest BCUT2D eigenvalue weighted by Gasteiger charge is 2.55. The van der Waals surface area contributed by atoms with E-state index >= 15 is 0 Å². The number of carbonyl (C=O) groups excluding carboxylic acids is 4. The summed E-state index contributed by atoms with van der Waals surface area (Å²) in [6.07, 6.45) is -1.80. The maximum Gasteiger partial charge on any atom is 0.404 e. The predicted molar refractivity (Wildman–Crippen MR) is 163 cm³/mol. The Morgan fingerprint density at radius 1 is 0.977 bits per heavy atom. The van der Waals surface area contributed by atoms with E-state index in [1.165, 1.54) is 16.7 Å². The first-order chi connectivity index (χ1) is 21.4. The number of oxime groups is 1. The van der Waals surface area contributed by atoms with Crippen LogP contribution in [0.1, 0.15) is 29.7 Å². The summed E-state index contributed by atoms with van der Waals surface area (Å²) in [6.45, 7) is 1.68. The molecule has 1 fully saturated rings. The standard InChI is InChI=1S/C32H30N4O7S/c1-2-42-35-24(20-12-6-3-7-13-20)28(37)34-25-29(38)36-26(23(18-41-32(33)40)19-44-30(25)36)31(39)43-27(21-14-8-4-9-15-21)22-16-10-5-11-17-22/h3-17,25,27,30H,2,18-19H2,1H3,(H2,33,40)(H,34,37)/t25-,30-/m1/s1. The maximum absolute atomic E-state index is 13.9. The number of nitrogens with one attached hydrogen (secondary N) is 1. The number of hydrogen-bond acceptors (Lipinski definition) is 9. The van der Waals surface area contributed by atoms with Gasteiger partial charge >= 0.3 is 12.1 Å². The second kappa shape index (κ2) is 13.9. The molecule has 2 aliphatic rings. The Labute approximate surface area is 258 Å². The number of ether oxygens (including phenoxy) is 2. The van der Waals surface area contributed by atoms with Gasteiger partial charge in [-0.2, -0.15) is 0 Å². The molecule has 3 aromatic carbocycles. The van der Waals surface area contributed by atoms with Crippen LogP contribution in [-0.4, -0.2) is 64.9 Å². The minimum Gasteiger partial charge on any atom is -0.448 e. The molecular weight excluding hydrogens is 584 g/mol. The van der Waals surface area contributed by atoms with Crippen molar-refractivity contribution >= 4 is 41.4 Å². The van der Waals surface area contributed by atoms with Gasteiger partial charge in [-0.1, -0.05) is 96.2 Å². The van der Waals surface area contributed by atoms with Crippen LogP contribution < -0.4 is 11.1 Å². The van der Waals surface area contributed by atoms with Gasteiger partial charge in [0.05, 0.1) is 0 Å². The summed E-state index contributed by atoms with van der Waals surface area (Å²) < 4.78 is 11.1. The number of amides is 3. The highest BCUT2D eigenvalue weighted by atomic mass is 32.2. The quantitative estimate of drug-likeness (QED) is 0.144. The second-order valence-corrected chi connectivity index (χ2v) is 10.9. The van der Waals surface area contributed by atoms with E-state index in [1.807, 2.05) is 60.7 Å². The molecule has 0 radical (unpaired) electrons. The number of rotatable bonds is 11. The normalized spacial score (nSPS) is 17.8. The van der Waals surface area contributed by atoms with Gasteiger partial charge in [0.1, 0.15) is 30.3 Å². The van der Waals surface area contributed by atoms with E-state index in [0.717, 1.165) is 11.1 Å². The van der Waals surface area contributed by atoms with Crippen molar-refractivity contribution in [1.82, 2.24) is 10.2 Å². The van der Waals surface area contributed by atoms with Crippen molar-refractivity contribution in [1.29, 1.82) is 0 Å². The molecule has 0 saturated carbocycles. The van der Waals surface area contributed by atoms with E-state index in [4.69, 9.17) is 20.0 Å². The minimum absolute atomic E-state index is 0.0128. The SMILES string of the molecule is CCON=C(C(=O)N[C@@H]1C(=O)N2C(C(=O)OC(c3ccccc3)c3ccccc3)=C(COC(N)=O)CS[C@H]12)c1ccccc1. The Kier molecular flexibility index (Phi) is 9.60. The Morgan fingerprint density at radius 3 is 2.14 bits per heavy atom. The molecule has 2 aliphatic heterocycles. The van der Waals surface area contributed by atoms with E-state index in [0.29, 0.717) is 11.1 Å². The summed E-state index contributed by atoms with van der Waals surface area (Å²) in [5, 5.41) is 6.09. The fraction of sp³-hybridized carbons (Fsp3) is 0.219. The van der Waals surface area contributed by atoms with Gasteiger partial charge in [-0.15, -0.1) is 11.8 Å². The smallest absolute Gasteiger partial charge is 0.404 e. The van der Waals surface area contributed by atoms with Crippen molar-refractivity contribution in [2.45, 2.75) is 24.4 Å². The summed E-state index contributed by atoms with van der Waals surface area (Å²) in [5.41, 5.74) is 7.49. The molecule has 44 heavy (non-hydrogen) atoms. The van der Waals surface area contributed by atoms with Crippen LogP contribution in [0.4, 0.5) is 4.79 Å². The van der Waals surface area contributed by atoms with Crippen LogP contribution in [-0.2, 0) is 28.7 Å². The number of carbonyl (C=O) groups is 4. The number of thioether (sulfide) groups is 1. The molecule has 0 spiro atoms. The van der Waals surface area contributed by atoms with Gasteiger partial charge in [0, 0.05) is 16.9 Å². The van der Waals surface area contributed by atoms with Crippen LogP contribution >= 0.6 is 11.8 Å². The third-order valence-corrected chi connectivity index (χ3v) is 8.23. The zero-order chi connectivity index (χ0) is 31.1. The molecule has 3 amide bonds. The number of β-lactam (4-membered cyclic amide) rings is 1. The predicted octanol–water partition coefficient (Wildman–Crippen LogP) is 3.51. The fourth-order valence-electron chi connectivity index (χ4n) is 4.85. The number of esters is 1. The molecule has 0 aromatic heterocycles. The molecular formula is C32H30N4O7S. The molecule has 0 aliphatic carbocycles. The first kappa shape index (κ1) is 30.4. The average molecular weight is 615 g/mol. The Hall–Kier alpha value is -5.10. The van der Waals surface area contributed by atoms with Gasteiger partial charge in [0.25, 0.3) is 11.8 Å². The number of fused-ring (bicyclic) bond motifs is 1. The average Bonchev–Trinajstić information content (AvgIpc) is 3.06. The number of primary amides is 1. The van der Waals surface area contributed by atoms with Crippen molar-refractivity contribution in [3.05, 3.63) is 119 Å². The van der Waals surface area contributed by atoms with Gasteiger partial charge in [-0.3, -0.25) is 14.5 Å². The van der Waals surface area contributed by atoms with Gasteiger partial charge < -0.3 is 25.4 Å². The molecule has 2 heterocycles. The first-order valence-corrected chi connectivity index (χ1v) is 14.9. The van der Waals surface area contributed by atoms with Crippen molar-refractivity contribution in [3.8, 4) is 0 Å². The van der Waals surface area contributed by atoms with Crippen LogP contribution in [0, 0.1) is 0 Å². The maximum atomic E-state index is 13.9. The van der Waals surface area contributed by atoms with E-state index in [-0.39, 0.29) is 30.4 Å². The largest absolute Gasteiger partial charge is 0.448 e. The van der Waals surface area contributed by atoms with Crippen LogP contribution in [0.25, 0.3) is 0 Å². The van der Waals surface area contributed by atoms with Gasteiger partial charge in [0.15, 0.2) is 11.8 Å². The molecule has 12 heteroatoms.